The van der Waals surface area contributed by atoms with E-state index in [0.29, 0.717) is 33.5 Å². The van der Waals surface area contributed by atoms with Gasteiger partial charge in [0.1, 0.15) is 0 Å². The molecule has 0 amide bonds. The number of methoxy groups -OCH3 is 3. The number of ketones is 1. The zero-order valence-electron chi connectivity index (χ0n) is 14.6. The third-order valence-electron chi connectivity index (χ3n) is 4.03. The van der Waals surface area contributed by atoms with Crippen molar-refractivity contribution in [2.75, 3.05) is 21.3 Å². The lowest BCUT2D eigenvalue weighted by Gasteiger charge is -2.13. The van der Waals surface area contributed by atoms with Gasteiger partial charge in [-0.2, -0.15) is 0 Å². The zero-order chi connectivity index (χ0) is 18.7. The molecule has 134 valence electrons. The number of rotatable bonds is 6. The molecule has 0 bridgehead atoms. The summed E-state index contributed by atoms with van der Waals surface area (Å²) in [6.07, 6.45) is 1.79. The summed E-state index contributed by atoms with van der Waals surface area (Å²) < 4.78 is 15.9. The Morgan fingerprint density at radius 3 is 2.04 bits per heavy atom. The number of aromatic nitrogens is 1. The molecule has 0 aliphatic carbocycles. The minimum Gasteiger partial charge on any atom is -0.493 e. The fraction of sp³-hybridized carbons (Fsp3) is 0.150. The number of ether oxygens (including phenoxy) is 3. The maximum absolute atomic E-state index is 12.9. The van der Waals surface area contributed by atoms with E-state index in [-0.39, 0.29) is 5.78 Å². The summed E-state index contributed by atoms with van der Waals surface area (Å²) in [7, 11) is 4.54. The number of aromatic amines is 1. The number of carbonyl (C=O) groups is 1. The summed E-state index contributed by atoms with van der Waals surface area (Å²) in [5, 5.41) is 0.665. The Morgan fingerprint density at radius 2 is 1.50 bits per heavy atom. The van der Waals surface area contributed by atoms with Gasteiger partial charge < -0.3 is 19.2 Å². The molecule has 0 unspecified atom stereocenters. The second-order valence-corrected chi connectivity index (χ2v) is 5.99. The summed E-state index contributed by atoms with van der Waals surface area (Å²) in [5.41, 5.74) is 2.76. The number of halogens is 1. The maximum Gasteiger partial charge on any atom is 0.209 e. The van der Waals surface area contributed by atoms with E-state index < -0.39 is 0 Å². The molecule has 3 aromatic rings. The van der Waals surface area contributed by atoms with E-state index in [4.69, 9.17) is 25.8 Å². The van der Waals surface area contributed by atoms with Crippen LogP contribution in [0.25, 0.3) is 11.1 Å². The normalized spacial score (nSPS) is 10.5. The van der Waals surface area contributed by atoms with Gasteiger partial charge in [-0.05, 0) is 41.5 Å². The summed E-state index contributed by atoms with van der Waals surface area (Å²) in [4.78, 5) is 15.9. The Labute approximate surface area is 156 Å². The highest BCUT2D eigenvalue weighted by Gasteiger charge is 2.19. The van der Waals surface area contributed by atoms with Crippen molar-refractivity contribution in [2.24, 2.45) is 0 Å². The van der Waals surface area contributed by atoms with Crippen LogP contribution < -0.4 is 14.2 Å². The molecule has 5 nitrogen and oxygen atoms in total. The quantitative estimate of drug-likeness (QED) is 0.644. The Kier molecular flexibility index (Phi) is 5.19. The van der Waals surface area contributed by atoms with Gasteiger partial charge in [-0.25, -0.2) is 0 Å². The molecular weight excluding hydrogens is 354 g/mol. The van der Waals surface area contributed by atoms with E-state index in [0.717, 1.165) is 11.1 Å². The van der Waals surface area contributed by atoms with Crippen molar-refractivity contribution >= 4 is 17.4 Å². The molecule has 0 spiro atoms. The fourth-order valence-electron chi connectivity index (χ4n) is 2.70. The first kappa shape index (κ1) is 17.9. The number of hydrogen-bond acceptors (Lipinski definition) is 4. The number of carbonyl (C=O) groups excluding carboxylic acids is 1. The van der Waals surface area contributed by atoms with E-state index in [9.17, 15) is 4.79 Å². The van der Waals surface area contributed by atoms with Gasteiger partial charge in [0.25, 0.3) is 0 Å². The van der Waals surface area contributed by atoms with Crippen LogP contribution in [0, 0.1) is 0 Å². The predicted molar refractivity (Wildman–Crippen MR) is 101 cm³/mol. The molecule has 0 fully saturated rings. The van der Waals surface area contributed by atoms with Gasteiger partial charge in [0, 0.05) is 16.8 Å². The van der Waals surface area contributed by atoms with Crippen molar-refractivity contribution < 1.29 is 19.0 Å². The highest BCUT2D eigenvalue weighted by Crippen LogP contribution is 2.38. The van der Waals surface area contributed by atoms with Gasteiger partial charge in [-0.3, -0.25) is 4.79 Å². The second kappa shape index (κ2) is 7.54. The molecule has 6 heteroatoms. The molecule has 0 aliphatic rings. The van der Waals surface area contributed by atoms with Crippen LogP contribution in [0.2, 0.25) is 5.02 Å². The smallest absolute Gasteiger partial charge is 0.209 e. The summed E-state index contributed by atoms with van der Waals surface area (Å²) in [6.45, 7) is 0. The Morgan fingerprint density at radius 1 is 0.885 bits per heavy atom. The van der Waals surface area contributed by atoms with Crippen molar-refractivity contribution in [1.82, 2.24) is 4.98 Å². The van der Waals surface area contributed by atoms with Crippen LogP contribution in [0.15, 0.2) is 48.7 Å². The lowest BCUT2D eigenvalue weighted by Crippen LogP contribution is -2.04. The lowest BCUT2D eigenvalue weighted by atomic mass is 10.0. The van der Waals surface area contributed by atoms with Gasteiger partial charge in [-0.15, -0.1) is 0 Å². The highest BCUT2D eigenvalue weighted by molar-refractivity contribution is 6.30. The van der Waals surface area contributed by atoms with Gasteiger partial charge in [0.15, 0.2) is 11.5 Å². The van der Waals surface area contributed by atoms with Crippen LogP contribution in [-0.2, 0) is 0 Å². The van der Waals surface area contributed by atoms with E-state index in [2.05, 4.69) is 4.98 Å². The molecule has 26 heavy (non-hydrogen) atoms. The van der Waals surface area contributed by atoms with Crippen LogP contribution in [-0.4, -0.2) is 32.1 Å². The molecule has 0 atom stereocenters. The standard InChI is InChI=1S/C20H18ClNO4/c1-24-17-9-13(10-18(25-2)20(17)26-3)19(23)16-8-14(11-22-16)12-4-6-15(21)7-5-12/h4-11,22H,1-3H3. The van der Waals surface area contributed by atoms with E-state index in [1.54, 1.807) is 24.4 Å². The van der Waals surface area contributed by atoms with Crippen molar-refractivity contribution in [3.8, 4) is 28.4 Å². The van der Waals surface area contributed by atoms with Gasteiger partial charge in [0.2, 0.25) is 11.5 Å². The molecule has 0 saturated carbocycles. The van der Waals surface area contributed by atoms with Gasteiger partial charge in [0.05, 0.1) is 27.0 Å². The minimum absolute atomic E-state index is 0.176. The molecule has 1 aromatic heterocycles. The number of benzene rings is 2. The first-order valence-corrected chi connectivity index (χ1v) is 8.24. The molecule has 1 N–H and O–H groups in total. The first-order chi connectivity index (χ1) is 12.6. The van der Waals surface area contributed by atoms with Crippen LogP contribution in [0.3, 0.4) is 0 Å². The van der Waals surface area contributed by atoms with E-state index in [1.807, 2.05) is 24.3 Å². The van der Waals surface area contributed by atoms with Crippen molar-refractivity contribution in [1.29, 1.82) is 0 Å². The zero-order valence-corrected chi connectivity index (χ0v) is 15.4. The predicted octanol–water partition coefficient (Wildman–Crippen LogP) is 4.59. The molecule has 0 aliphatic heterocycles. The second-order valence-electron chi connectivity index (χ2n) is 5.55. The molecule has 3 rings (SSSR count). The van der Waals surface area contributed by atoms with Crippen molar-refractivity contribution in [3.05, 3.63) is 64.9 Å². The number of nitrogens with one attached hydrogen (secondary N) is 1. The molecular formula is C20H18ClNO4. The minimum atomic E-state index is -0.176. The van der Waals surface area contributed by atoms with Crippen LogP contribution >= 0.6 is 11.6 Å². The van der Waals surface area contributed by atoms with E-state index >= 15 is 0 Å². The fourth-order valence-corrected chi connectivity index (χ4v) is 2.83. The van der Waals surface area contributed by atoms with Gasteiger partial charge >= 0.3 is 0 Å². The van der Waals surface area contributed by atoms with Crippen molar-refractivity contribution in [2.45, 2.75) is 0 Å². The third-order valence-corrected chi connectivity index (χ3v) is 4.28. The Hall–Kier alpha value is -2.92. The molecule has 0 radical (unpaired) electrons. The largest absolute Gasteiger partial charge is 0.493 e. The third kappa shape index (κ3) is 3.39. The first-order valence-electron chi connectivity index (χ1n) is 7.86. The SMILES string of the molecule is COc1cc(C(=O)c2cc(-c3ccc(Cl)cc3)c[nH]2)cc(OC)c1OC. The topological polar surface area (TPSA) is 60.6 Å². The van der Waals surface area contributed by atoms with Crippen LogP contribution in [0.4, 0.5) is 0 Å². The summed E-state index contributed by atoms with van der Waals surface area (Å²) in [5.74, 6) is 1.13. The van der Waals surface area contributed by atoms with Crippen LogP contribution in [0.1, 0.15) is 16.1 Å². The maximum atomic E-state index is 12.9. The van der Waals surface area contributed by atoms with E-state index in [1.165, 1.54) is 21.3 Å². The van der Waals surface area contributed by atoms with Crippen molar-refractivity contribution in [3.63, 3.8) is 0 Å². The average molecular weight is 372 g/mol. The lowest BCUT2D eigenvalue weighted by molar-refractivity contribution is 0.103. The Bertz CT molecular complexity index is 906. The monoisotopic (exact) mass is 371 g/mol. The summed E-state index contributed by atoms with van der Waals surface area (Å²) >= 11 is 5.92. The highest BCUT2D eigenvalue weighted by atomic mass is 35.5. The van der Waals surface area contributed by atoms with Crippen LogP contribution in [0.5, 0.6) is 17.2 Å². The molecule has 2 aromatic carbocycles. The average Bonchev–Trinajstić information content (AvgIpc) is 3.16. The molecule has 1 heterocycles. The summed E-state index contributed by atoms with van der Waals surface area (Å²) in [6, 6.07) is 12.5. The number of H-pyrrole nitrogens is 1. The van der Waals surface area contributed by atoms with Gasteiger partial charge in [-0.1, -0.05) is 23.7 Å². The molecule has 0 saturated heterocycles. The number of hydrogen-bond donors (Lipinski definition) is 1. The Balaban J connectivity index is 1.96.